The first-order valence-electron chi connectivity index (χ1n) is 39.8. The quantitative estimate of drug-likeness (QED) is 0.00884. The van der Waals surface area contributed by atoms with Crippen LogP contribution in [0.1, 0.15) is 140 Å². The Kier molecular flexibility index (Phi) is 44.3. The molecular weight excluding hydrogens is 1640 g/mol. The van der Waals surface area contributed by atoms with Gasteiger partial charge in [0.15, 0.2) is 29.6 Å². The number of carbonyl (C=O) groups excluding carboxylic acids is 17. The number of hydrogen-bond acceptors (Lipinski definition) is 31. The van der Waals surface area contributed by atoms with Gasteiger partial charge in [-0.25, -0.2) is 4.79 Å². The molecule has 0 saturated carbocycles. The summed E-state index contributed by atoms with van der Waals surface area (Å²) in [6.45, 7) is 11.5. The van der Waals surface area contributed by atoms with Crippen molar-refractivity contribution in [3.63, 3.8) is 0 Å². The maximum Gasteiger partial charge on any atom is 0.326 e. The second-order valence-corrected chi connectivity index (χ2v) is 30.8. The number of likely N-dealkylation sites (tertiary alicyclic amines) is 3. The molecule has 18 atom stereocenters. The fourth-order valence-corrected chi connectivity index (χ4v) is 13.9. The molecule has 4 fully saturated rings. The van der Waals surface area contributed by atoms with Crippen molar-refractivity contribution in [2.24, 2.45) is 22.4 Å². The summed E-state index contributed by atoms with van der Waals surface area (Å²) < 4.78 is 44.9. The maximum absolute atomic E-state index is 14.9. The van der Waals surface area contributed by atoms with Gasteiger partial charge >= 0.3 is 29.8 Å². The van der Waals surface area contributed by atoms with E-state index in [0.29, 0.717) is 18.8 Å². The number of hydrogen-bond donors (Lipinski definition) is 16. The lowest BCUT2D eigenvalue weighted by Crippen LogP contribution is -2.68. The highest BCUT2D eigenvalue weighted by Gasteiger charge is 2.53. The molecule has 122 heavy (non-hydrogen) atoms. The molecule has 0 spiro atoms. The van der Waals surface area contributed by atoms with Crippen LogP contribution in [0.15, 0.2) is 4.99 Å². The maximum atomic E-state index is 14.9. The molecule has 0 aromatic carbocycles. The topological polar surface area (TPSA) is 674 Å². The number of aliphatic hydroxyl groups is 2. The van der Waals surface area contributed by atoms with Crippen molar-refractivity contribution in [3.8, 4) is 0 Å². The first kappa shape index (κ1) is 104. The van der Waals surface area contributed by atoms with E-state index in [4.69, 9.17) is 49.4 Å². The number of carbonyl (C=O) groups is 19. The van der Waals surface area contributed by atoms with Crippen molar-refractivity contribution in [3.05, 3.63) is 0 Å². The minimum atomic E-state index is -2.07. The fraction of sp³-hybridized carbons (Fsp3) is 0.730. The van der Waals surface area contributed by atoms with Crippen molar-refractivity contribution in [1.82, 2.24) is 67.9 Å². The van der Waals surface area contributed by atoms with Gasteiger partial charge in [0, 0.05) is 73.0 Å². The van der Waals surface area contributed by atoms with Gasteiger partial charge in [-0.1, -0.05) is 25.6 Å². The summed E-state index contributed by atoms with van der Waals surface area (Å²) in [5.41, 5.74) is 11.0. The average Bonchev–Trinajstić information content (AvgIpc) is 0.840. The van der Waals surface area contributed by atoms with E-state index in [1.165, 1.54) is 27.7 Å². The summed E-state index contributed by atoms with van der Waals surface area (Å²) in [7, 11) is 0. The number of nitrogens with one attached hydrogen (secondary N) is 10. The van der Waals surface area contributed by atoms with E-state index in [9.17, 15) is 112 Å². The lowest BCUT2D eigenvalue weighted by atomic mass is 9.95. The van der Waals surface area contributed by atoms with Crippen LogP contribution in [-0.2, 0) is 129 Å². The lowest BCUT2D eigenvalue weighted by molar-refractivity contribution is -0.287. The number of aliphatic carboxylic acids is 2. The van der Waals surface area contributed by atoms with Crippen LogP contribution in [0.25, 0.3) is 0 Å². The molecule has 13 amide bonds. The molecule has 4 aliphatic heterocycles. The second-order valence-electron chi connectivity index (χ2n) is 29.5. The molecule has 0 aliphatic carbocycles. The Labute approximate surface area is 707 Å². The van der Waals surface area contributed by atoms with Crippen LogP contribution in [0, 0.1) is 5.92 Å². The normalized spacial score (nSPS) is 21.1. The summed E-state index contributed by atoms with van der Waals surface area (Å²) in [4.78, 5) is 261. The van der Waals surface area contributed by atoms with Crippen LogP contribution in [0.5, 0.6) is 0 Å². The van der Waals surface area contributed by atoms with Crippen LogP contribution >= 0.6 is 11.8 Å². The second kappa shape index (κ2) is 52.1. The number of thioether (sulfide) groups is 1. The van der Waals surface area contributed by atoms with Gasteiger partial charge in [-0.05, 0) is 85.0 Å². The Balaban J connectivity index is 1.55. The van der Waals surface area contributed by atoms with E-state index in [1.54, 1.807) is 0 Å². The molecule has 686 valence electrons. The van der Waals surface area contributed by atoms with Crippen molar-refractivity contribution in [2.45, 2.75) is 250 Å². The minimum absolute atomic E-state index is 0.0201. The summed E-state index contributed by atoms with van der Waals surface area (Å²) in [6, 6.07) is -19.5. The molecule has 0 aromatic rings. The van der Waals surface area contributed by atoms with Crippen molar-refractivity contribution in [2.75, 3.05) is 91.3 Å². The largest absolute Gasteiger partial charge is 0.481 e. The van der Waals surface area contributed by atoms with Gasteiger partial charge in [-0.15, -0.1) is 0 Å². The Morgan fingerprint density at radius 3 is 1.59 bits per heavy atom. The molecule has 0 radical (unpaired) electrons. The number of aliphatic hydroxyl groups excluding tert-OH is 2. The van der Waals surface area contributed by atoms with Crippen LogP contribution in [0.3, 0.4) is 0 Å². The highest BCUT2D eigenvalue weighted by molar-refractivity contribution is 8.13. The Hall–Kier alpha value is -10.5. The highest BCUT2D eigenvalue weighted by Crippen LogP contribution is 2.30. The van der Waals surface area contributed by atoms with E-state index in [-0.39, 0.29) is 122 Å². The smallest absolute Gasteiger partial charge is 0.326 e. The molecule has 0 bridgehead atoms. The standard InChI is InChI=1S/C74H118N16O31S/c1-36(2)56(85-54(99)33-78-53(98)20-25-114-26-27-115-28-29-116-30-31-122-45(11)97)66(106)87-58(40(6)118-73-59(81-41(7)93)61(120-44(10)96)60(119-43(9)95)52(121-73)35-117-42(8)94)68(108)84-48(34-91)63(103)79-37(3)69(109)88-22-13-18-50(88)65(105)83-47(32-55(100)101)62(102)86-57(39(5)92)67(107)82-46(16-12-21-77-74(75)76)71(111)89-23-14-17-49(89)64(104)80-38(4)70(110)90-24-15-19-51(90)72(112)113/h36-40,46-52,56-61,73,91-92H,12-35H2,1-11H3,(H,78,98)(H,79,103)(H,80,104)(H,81,93)(H,82,107)(H,83,105)(H,84,108)(H,85,99)(H,86,102)(H,87,106)(H,100,101)(H,112,113)(H4,75,76,77)/t37-,38-,39+,40+,46-,47-,48-,49-,50-,51-,52+,56-,57-,58-,59+,60-,61+,73-/m0/s1. The molecule has 0 aromatic heterocycles. The number of nitrogens with zero attached hydrogens (tertiary/aromatic N) is 4. The monoisotopic (exact) mass is 1760 g/mol. The fourth-order valence-electron chi connectivity index (χ4n) is 13.4. The number of guanidine groups is 1. The van der Waals surface area contributed by atoms with E-state index < -0.39 is 248 Å². The number of esters is 3. The minimum Gasteiger partial charge on any atom is -0.481 e. The molecule has 18 N–H and O–H groups in total. The lowest BCUT2D eigenvalue weighted by Gasteiger charge is -2.46. The number of amides is 13. The van der Waals surface area contributed by atoms with Gasteiger partial charge < -0.3 is 138 Å². The Morgan fingerprint density at radius 2 is 1.06 bits per heavy atom. The van der Waals surface area contributed by atoms with Gasteiger partial charge in [0.1, 0.15) is 85.2 Å². The van der Waals surface area contributed by atoms with E-state index in [0.717, 1.165) is 74.9 Å². The molecule has 4 heterocycles. The third-order valence-electron chi connectivity index (χ3n) is 19.3. The summed E-state index contributed by atoms with van der Waals surface area (Å²) in [6.07, 6.45) is -10.9. The summed E-state index contributed by atoms with van der Waals surface area (Å²) in [5.74, 6) is -19.3. The molecular formula is C74H118N16O31S. The zero-order chi connectivity index (χ0) is 91.4. The predicted octanol–water partition coefficient (Wildman–Crippen LogP) is -7.58. The summed E-state index contributed by atoms with van der Waals surface area (Å²) >= 11 is 1.13. The van der Waals surface area contributed by atoms with Crippen LogP contribution in [0.4, 0.5) is 0 Å². The first-order chi connectivity index (χ1) is 57.5. The number of nitrogens with two attached hydrogens (primary N) is 2. The average molecular weight is 1760 g/mol. The Morgan fingerprint density at radius 1 is 0.549 bits per heavy atom. The van der Waals surface area contributed by atoms with Crippen molar-refractivity contribution in [1.29, 1.82) is 0 Å². The SMILES string of the molecule is CC(=O)N[C@H]1[C@@H](O[C@H](C)[C@H](NC(=O)[C@@H](NC(=O)CNC(=O)CCOCCOCCOCCSC(C)=O)C(C)C)C(=O)N[C@@H](CO)C(=O)N[C@@H](C)C(=O)N2CCC[C@H]2C(=O)N[C@@H](CC(=O)O)C(=O)N[C@H](C(=O)N[C@@H](CCCN=C(N)N)C(=O)N2CCC[C@H]2C(=O)N[C@@H](C)C(=O)N2CCC[C@H]2C(=O)O)[C@@H](C)O)O[C@H](COC(C)=O)[C@H](OC(C)=O)[C@@H]1OC(C)=O. The molecule has 0 unspecified atom stereocenters. The van der Waals surface area contributed by atoms with Gasteiger partial charge in [0.25, 0.3) is 0 Å². The van der Waals surface area contributed by atoms with Gasteiger partial charge in [-0.2, -0.15) is 0 Å². The number of ether oxygens (including phenoxy) is 8. The summed E-state index contributed by atoms with van der Waals surface area (Å²) in [5, 5.41) is 65.4. The molecule has 47 nitrogen and oxygen atoms in total. The molecule has 4 aliphatic rings. The van der Waals surface area contributed by atoms with Gasteiger partial charge in [-0.3, -0.25) is 91.3 Å². The first-order valence-corrected chi connectivity index (χ1v) is 40.8. The van der Waals surface area contributed by atoms with E-state index in [2.05, 4.69) is 58.2 Å². The van der Waals surface area contributed by atoms with Crippen LogP contribution < -0.4 is 64.6 Å². The highest BCUT2D eigenvalue weighted by atomic mass is 32.2. The molecule has 4 saturated heterocycles. The Bertz CT molecular complexity index is 3710. The number of aliphatic imine (C=N–C) groups is 1. The van der Waals surface area contributed by atoms with Gasteiger partial charge in [0.2, 0.25) is 76.8 Å². The molecule has 48 heteroatoms. The number of carboxylic acid groups (broad SMARTS) is 2. The number of rotatable bonds is 50. The zero-order valence-electron chi connectivity index (χ0n) is 70.1. The zero-order valence-corrected chi connectivity index (χ0v) is 70.9. The third-order valence-corrected chi connectivity index (χ3v) is 20.1. The van der Waals surface area contributed by atoms with Crippen LogP contribution in [0.2, 0.25) is 0 Å². The van der Waals surface area contributed by atoms with E-state index >= 15 is 0 Å². The van der Waals surface area contributed by atoms with Crippen molar-refractivity contribution >= 4 is 129 Å². The van der Waals surface area contributed by atoms with E-state index in [1.807, 2.05) is 0 Å². The predicted molar refractivity (Wildman–Crippen MR) is 422 cm³/mol. The van der Waals surface area contributed by atoms with Crippen LogP contribution in [-0.4, -0.2) is 353 Å². The van der Waals surface area contributed by atoms with Gasteiger partial charge in [0.05, 0.1) is 71.4 Å². The molecule has 4 rings (SSSR count). The number of carboxylic acids is 2. The third kappa shape index (κ3) is 34.4. The van der Waals surface area contributed by atoms with Crippen molar-refractivity contribution < 1.29 is 149 Å².